The Morgan fingerprint density at radius 3 is 2.81 bits per heavy atom. The molecule has 4 unspecified atom stereocenters. The molecular formula is C17H27NO2S. The summed E-state index contributed by atoms with van der Waals surface area (Å²) in [5.74, 6) is 2.20. The Kier molecular flexibility index (Phi) is 5.82. The highest BCUT2D eigenvalue weighted by atomic mass is 32.2. The largest absolute Gasteiger partial charge is 0.497 e. The van der Waals surface area contributed by atoms with Crippen molar-refractivity contribution in [2.75, 3.05) is 19.4 Å². The minimum Gasteiger partial charge on any atom is -0.497 e. The molecule has 0 aliphatic heterocycles. The molecule has 118 valence electrons. The minimum atomic E-state index is -0.795. The molecule has 1 aliphatic rings. The van der Waals surface area contributed by atoms with E-state index in [1.54, 1.807) is 7.11 Å². The number of benzene rings is 1. The van der Waals surface area contributed by atoms with Crippen molar-refractivity contribution in [2.24, 2.45) is 5.92 Å². The quantitative estimate of drug-likeness (QED) is 0.841. The molecule has 0 radical (unpaired) electrons. The first-order valence-corrected chi connectivity index (χ1v) is 9.26. The fourth-order valence-corrected chi connectivity index (χ4v) is 4.89. The van der Waals surface area contributed by atoms with Gasteiger partial charge in [0.25, 0.3) is 0 Å². The van der Waals surface area contributed by atoms with E-state index in [-0.39, 0.29) is 11.3 Å². The van der Waals surface area contributed by atoms with Crippen molar-refractivity contribution in [1.29, 1.82) is 0 Å². The van der Waals surface area contributed by atoms with Crippen LogP contribution in [-0.2, 0) is 17.2 Å². The van der Waals surface area contributed by atoms with Gasteiger partial charge in [-0.25, -0.2) is 0 Å². The molecule has 1 aromatic rings. The van der Waals surface area contributed by atoms with Crippen molar-refractivity contribution >= 4 is 10.8 Å². The van der Waals surface area contributed by atoms with Gasteiger partial charge in [-0.2, -0.15) is 0 Å². The van der Waals surface area contributed by atoms with Crippen molar-refractivity contribution in [1.82, 2.24) is 5.32 Å². The molecule has 4 heteroatoms. The van der Waals surface area contributed by atoms with Crippen LogP contribution in [0.2, 0.25) is 0 Å². The second kappa shape index (κ2) is 7.41. The molecule has 1 aromatic carbocycles. The molecule has 2 rings (SSSR count). The van der Waals surface area contributed by atoms with Crippen molar-refractivity contribution < 1.29 is 8.95 Å². The van der Waals surface area contributed by atoms with Crippen LogP contribution in [0.15, 0.2) is 18.2 Å². The number of methoxy groups -OCH3 is 1. The lowest BCUT2D eigenvalue weighted by Gasteiger charge is -2.22. The summed E-state index contributed by atoms with van der Waals surface area (Å²) in [6, 6.07) is 6.41. The Morgan fingerprint density at radius 1 is 1.43 bits per heavy atom. The summed E-state index contributed by atoms with van der Waals surface area (Å²) in [4.78, 5) is 0. The summed E-state index contributed by atoms with van der Waals surface area (Å²) in [6.07, 6.45) is 1.99. The lowest BCUT2D eigenvalue weighted by molar-refractivity contribution is 0.413. The van der Waals surface area contributed by atoms with E-state index in [1.807, 2.05) is 6.07 Å². The molecule has 21 heavy (non-hydrogen) atoms. The van der Waals surface area contributed by atoms with Gasteiger partial charge in [-0.05, 0) is 42.1 Å². The van der Waals surface area contributed by atoms with Crippen molar-refractivity contribution in [2.45, 2.75) is 44.9 Å². The van der Waals surface area contributed by atoms with Crippen LogP contribution in [0, 0.1) is 5.92 Å². The van der Waals surface area contributed by atoms with E-state index < -0.39 is 10.8 Å². The number of hydrogen-bond acceptors (Lipinski definition) is 3. The Bertz CT molecular complexity index is 504. The minimum absolute atomic E-state index is 0.182. The van der Waals surface area contributed by atoms with E-state index >= 15 is 0 Å². The summed E-state index contributed by atoms with van der Waals surface area (Å²) < 4.78 is 18.1. The van der Waals surface area contributed by atoms with Crippen LogP contribution in [0.25, 0.3) is 0 Å². The molecule has 4 atom stereocenters. The Morgan fingerprint density at radius 2 is 2.19 bits per heavy atom. The smallest absolute Gasteiger partial charge is 0.119 e. The summed E-state index contributed by atoms with van der Waals surface area (Å²) in [5, 5.41) is 3.71. The standard InChI is InChI=1S/C17H27NO2S/c1-5-12(3)11-21(19)16-9-13-7-8-14(20-4)10-15(13)17(16)18-6-2/h7-8,10,12,16-18H,5-6,9,11H2,1-4H3. The monoisotopic (exact) mass is 309 g/mol. The van der Waals surface area contributed by atoms with Gasteiger partial charge in [0.1, 0.15) is 5.75 Å². The highest BCUT2D eigenvalue weighted by Crippen LogP contribution is 2.37. The number of ether oxygens (including phenoxy) is 1. The molecule has 0 bridgehead atoms. The van der Waals surface area contributed by atoms with E-state index in [0.717, 1.165) is 30.9 Å². The van der Waals surface area contributed by atoms with Crippen LogP contribution in [-0.4, -0.2) is 28.9 Å². The SMILES string of the molecule is CCNC1c2cc(OC)ccc2CC1S(=O)CC(C)CC. The van der Waals surface area contributed by atoms with Crippen LogP contribution in [0.4, 0.5) is 0 Å². The van der Waals surface area contributed by atoms with Gasteiger partial charge in [-0.3, -0.25) is 4.21 Å². The first-order valence-electron chi connectivity index (χ1n) is 7.88. The number of nitrogens with one attached hydrogen (secondary N) is 1. The predicted octanol–water partition coefficient (Wildman–Crippen LogP) is 3.07. The maximum Gasteiger partial charge on any atom is 0.119 e. The summed E-state index contributed by atoms with van der Waals surface area (Å²) in [5.41, 5.74) is 2.57. The van der Waals surface area contributed by atoms with Crippen molar-refractivity contribution in [3.63, 3.8) is 0 Å². The fourth-order valence-electron chi connectivity index (χ4n) is 2.94. The molecule has 0 saturated heterocycles. The van der Waals surface area contributed by atoms with Crippen LogP contribution in [0.1, 0.15) is 44.4 Å². The maximum atomic E-state index is 12.8. The zero-order valence-corrected chi connectivity index (χ0v) is 14.3. The molecule has 0 amide bonds. The Hall–Kier alpha value is -0.870. The Labute approximate surface area is 130 Å². The summed E-state index contributed by atoms with van der Waals surface area (Å²) >= 11 is 0. The third-order valence-corrected chi connectivity index (χ3v) is 6.40. The van der Waals surface area contributed by atoms with E-state index in [2.05, 4.69) is 38.2 Å². The van der Waals surface area contributed by atoms with Gasteiger partial charge < -0.3 is 10.1 Å². The van der Waals surface area contributed by atoms with Crippen molar-refractivity contribution in [3.05, 3.63) is 29.3 Å². The molecule has 1 aliphatic carbocycles. The molecule has 0 fully saturated rings. The number of hydrogen-bond donors (Lipinski definition) is 1. The highest BCUT2D eigenvalue weighted by molar-refractivity contribution is 7.85. The van der Waals surface area contributed by atoms with E-state index in [4.69, 9.17) is 4.74 Å². The molecule has 1 N–H and O–H groups in total. The molecular weight excluding hydrogens is 282 g/mol. The van der Waals surface area contributed by atoms with Gasteiger partial charge in [0.05, 0.1) is 12.4 Å². The predicted molar refractivity (Wildman–Crippen MR) is 89.4 cm³/mol. The van der Waals surface area contributed by atoms with E-state index in [9.17, 15) is 4.21 Å². The van der Waals surface area contributed by atoms with Gasteiger partial charge >= 0.3 is 0 Å². The first-order chi connectivity index (χ1) is 10.1. The Balaban J connectivity index is 2.22. The van der Waals surface area contributed by atoms with Crippen LogP contribution >= 0.6 is 0 Å². The van der Waals surface area contributed by atoms with Crippen LogP contribution in [0.5, 0.6) is 5.75 Å². The average molecular weight is 309 g/mol. The zero-order chi connectivity index (χ0) is 15.4. The van der Waals surface area contributed by atoms with Crippen LogP contribution < -0.4 is 10.1 Å². The first kappa shape index (κ1) is 16.5. The average Bonchev–Trinajstić information content (AvgIpc) is 2.85. The van der Waals surface area contributed by atoms with E-state index in [1.165, 1.54) is 11.1 Å². The summed E-state index contributed by atoms with van der Waals surface area (Å²) in [6.45, 7) is 7.34. The van der Waals surface area contributed by atoms with Gasteiger partial charge in [0.2, 0.25) is 0 Å². The molecule has 0 heterocycles. The second-order valence-corrected chi connectivity index (χ2v) is 7.60. The number of fused-ring (bicyclic) bond motifs is 1. The molecule has 0 spiro atoms. The molecule has 0 aromatic heterocycles. The highest BCUT2D eigenvalue weighted by Gasteiger charge is 2.36. The van der Waals surface area contributed by atoms with Gasteiger partial charge in [0, 0.05) is 22.6 Å². The lowest BCUT2D eigenvalue weighted by atomic mass is 10.1. The van der Waals surface area contributed by atoms with Gasteiger partial charge in [0.15, 0.2) is 0 Å². The normalized spacial score (nSPS) is 23.6. The number of rotatable bonds is 7. The second-order valence-electron chi connectivity index (χ2n) is 5.90. The summed E-state index contributed by atoms with van der Waals surface area (Å²) in [7, 11) is 0.897. The van der Waals surface area contributed by atoms with Crippen LogP contribution in [0.3, 0.4) is 0 Å². The van der Waals surface area contributed by atoms with Crippen molar-refractivity contribution in [3.8, 4) is 5.75 Å². The zero-order valence-electron chi connectivity index (χ0n) is 13.5. The maximum absolute atomic E-state index is 12.8. The molecule has 3 nitrogen and oxygen atoms in total. The lowest BCUT2D eigenvalue weighted by Crippen LogP contribution is -2.33. The molecule has 0 saturated carbocycles. The van der Waals surface area contributed by atoms with Gasteiger partial charge in [-0.15, -0.1) is 0 Å². The topological polar surface area (TPSA) is 38.3 Å². The fraction of sp³-hybridized carbons (Fsp3) is 0.647. The third kappa shape index (κ3) is 3.67. The van der Waals surface area contributed by atoms with Gasteiger partial charge in [-0.1, -0.05) is 33.3 Å². The van der Waals surface area contributed by atoms with E-state index in [0.29, 0.717) is 5.92 Å². The third-order valence-electron chi connectivity index (χ3n) is 4.39.